The molecule has 0 bridgehead atoms. The van der Waals surface area contributed by atoms with E-state index in [9.17, 15) is 13.2 Å². The lowest BCUT2D eigenvalue weighted by Gasteiger charge is -2.37. The van der Waals surface area contributed by atoms with E-state index in [0.29, 0.717) is 31.2 Å². The van der Waals surface area contributed by atoms with Gasteiger partial charge in [0.05, 0.1) is 25.9 Å². The van der Waals surface area contributed by atoms with Crippen LogP contribution in [0, 0.1) is 35.2 Å². The lowest BCUT2D eigenvalue weighted by Crippen LogP contribution is -2.34. The Morgan fingerprint density at radius 1 is 0.800 bits per heavy atom. The Bertz CT molecular complexity index is 581. The molecule has 138 valence electrons. The summed E-state index contributed by atoms with van der Waals surface area (Å²) in [5, 5.41) is 0. The number of epoxide rings is 1. The van der Waals surface area contributed by atoms with Crippen LogP contribution in [0.1, 0.15) is 44.0 Å². The van der Waals surface area contributed by atoms with E-state index in [1.165, 1.54) is 32.1 Å². The van der Waals surface area contributed by atoms with E-state index in [1.54, 1.807) is 0 Å². The van der Waals surface area contributed by atoms with Gasteiger partial charge in [-0.1, -0.05) is 12.8 Å². The van der Waals surface area contributed by atoms with Crippen LogP contribution in [0.3, 0.4) is 0 Å². The van der Waals surface area contributed by atoms with E-state index in [0.717, 1.165) is 24.7 Å². The minimum atomic E-state index is -1.47. The summed E-state index contributed by atoms with van der Waals surface area (Å²) in [4.78, 5) is 0. The molecule has 2 heterocycles. The van der Waals surface area contributed by atoms with Crippen LogP contribution in [0.5, 0.6) is 0 Å². The Morgan fingerprint density at radius 3 is 1.96 bits per heavy atom. The van der Waals surface area contributed by atoms with E-state index in [-0.39, 0.29) is 5.56 Å². The summed E-state index contributed by atoms with van der Waals surface area (Å²) in [5.74, 6) is -2.26. The number of benzene rings is 1. The van der Waals surface area contributed by atoms with Crippen molar-refractivity contribution in [3.05, 3.63) is 35.1 Å². The third-order valence-electron chi connectivity index (χ3n) is 5.76. The second-order valence-electron chi connectivity index (χ2n) is 7.53. The van der Waals surface area contributed by atoms with Crippen molar-refractivity contribution >= 4 is 0 Å². The molecule has 2 saturated heterocycles. The van der Waals surface area contributed by atoms with Crippen LogP contribution >= 0.6 is 0 Å². The second kappa shape index (κ2) is 7.25. The summed E-state index contributed by atoms with van der Waals surface area (Å²) >= 11 is 0. The number of hydrogen-bond donors (Lipinski definition) is 0. The van der Waals surface area contributed by atoms with Crippen LogP contribution < -0.4 is 0 Å². The topological polar surface area (TPSA) is 31.0 Å². The van der Waals surface area contributed by atoms with Crippen LogP contribution in [0.4, 0.5) is 13.2 Å². The average Bonchev–Trinajstić information content (AvgIpc) is 3.44. The monoisotopic (exact) mass is 356 g/mol. The molecule has 1 unspecified atom stereocenters. The Hall–Kier alpha value is -1.11. The molecule has 0 spiro atoms. The molecular formula is C19H23F3O3. The van der Waals surface area contributed by atoms with Gasteiger partial charge in [0.2, 0.25) is 0 Å². The molecule has 2 aliphatic heterocycles. The van der Waals surface area contributed by atoms with Gasteiger partial charge in [0, 0.05) is 11.5 Å². The fourth-order valence-corrected chi connectivity index (χ4v) is 4.17. The first-order valence-electron chi connectivity index (χ1n) is 9.09. The molecule has 3 nitrogen and oxygen atoms in total. The molecule has 0 amide bonds. The number of halogens is 3. The Morgan fingerprint density at radius 2 is 1.40 bits per heavy atom. The third kappa shape index (κ3) is 4.01. The van der Waals surface area contributed by atoms with Crippen molar-refractivity contribution < 1.29 is 27.4 Å². The van der Waals surface area contributed by atoms with Gasteiger partial charge in [0.15, 0.2) is 23.7 Å². The maximum atomic E-state index is 13.4. The number of hydrogen-bond acceptors (Lipinski definition) is 3. The summed E-state index contributed by atoms with van der Waals surface area (Å²) in [6.07, 6.45) is 5.63. The molecule has 3 fully saturated rings. The van der Waals surface area contributed by atoms with Crippen LogP contribution in [0.15, 0.2) is 12.1 Å². The highest BCUT2D eigenvalue weighted by molar-refractivity contribution is 5.20. The van der Waals surface area contributed by atoms with Crippen molar-refractivity contribution in [1.29, 1.82) is 0 Å². The van der Waals surface area contributed by atoms with Gasteiger partial charge in [-0.25, -0.2) is 13.2 Å². The van der Waals surface area contributed by atoms with Crippen LogP contribution in [-0.2, 0) is 14.2 Å². The highest BCUT2D eigenvalue weighted by Gasteiger charge is 2.35. The van der Waals surface area contributed by atoms with E-state index in [4.69, 9.17) is 14.2 Å². The van der Waals surface area contributed by atoms with Crippen LogP contribution in [0.25, 0.3) is 0 Å². The SMILES string of the molecule is Fc1cc(C2OCC(C3CCC(CC4CO4)CC3)CO2)cc(F)c1F. The van der Waals surface area contributed by atoms with Gasteiger partial charge in [-0.05, 0) is 43.2 Å². The lowest BCUT2D eigenvalue weighted by molar-refractivity contribution is -0.215. The summed E-state index contributed by atoms with van der Waals surface area (Å²) in [6.45, 7) is 1.94. The summed E-state index contributed by atoms with van der Waals surface area (Å²) in [6, 6.07) is 1.88. The largest absolute Gasteiger partial charge is 0.373 e. The molecule has 25 heavy (non-hydrogen) atoms. The van der Waals surface area contributed by atoms with E-state index >= 15 is 0 Å². The van der Waals surface area contributed by atoms with Crippen molar-refractivity contribution in [2.45, 2.75) is 44.5 Å². The first-order chi connectivity index (χ1) is 12.1. The second-order valence-corrected chi connectivity index (χ2v) is 7.53. The van der Waals surface area contributed by atoms with Crippen LogP contribution in [-0.4, -0.2) is 25.9 Å². The lowest BCUT2D eigenvalue weighted by atomic mass is 9.75. The molecule has 1 saturated carbocycles. The minimum absolute atomic E-state index is 0.183. The van der Waals surface area contributed by atoms with E-state index in [1.807, 2.05) is 0 Å². The fraction of sp³-hybridized carbons (Fsp3) is 0.684. The first kappa shape index (κ1) is 17.3. The molecule has 0 aromatic heterocycles. The predicted octanol–water partition coefficient (Wildman–Crippen LogP) is 4.36. The van der Waals surface area contributed by atoms with Gasteiger partial charge in [0.25, 0.3) is 0 Å². The zero-order chi connectivity index (χ0) is 17.4. The quantitative estimate of drug-likeness (QED) is 0.593. The summed E-state index contributed by atoms with van der Waals surface area (Å²) < 4.78 is 56.5. The Kier molecular flexibility index (Phi) is 5.02. The summed E-state index contributed by atoms with van der Waals surface area (Å²) in [7, 11) is 0. The van der Waals surface area contributed by atoms with Gasteiger partial charge in [-0.15, -0.1) is 0 Å². The smallest absolute Gasteiger partial charge is 0.194 e. The molecule has 0 radical (unpaired) electrons. The molecular weight excluding hydrogens is 333 g/mol. The van der Waals surface area contributed by atoms with Crippen LogP contribution in [0.2, 0.25) is 0 Å². The minimum Gasteiger partial charge on any atom is -0.373 e. The fourth-order valence-electron chi connectivity index (χ4n) is 4.17. The molecule has 6 heteroatoms. The first-order valence-corrected chi connectivity index (χ1v) is 9.09. The normalized spacial score (nSPS) is 35.6. The molecule has 0 N–H and O–H groups in total. The molecule has 3 aliphatic rings. The predicted molar refractivity (Wildman–Crippen MR) is 84.3 cm³/mol. The maximum absolute atomic E-state index is 13.4. The Labute approximate surface area is 145 Å². The molecule has 4 rings (SSSR count). The van der Waals surface area contributed by atoms with Crippen molar-refractivity contribution in [1.82, 2.24) is 0 Å². The number of rotatable bonds is 4. The molecule has 1 aromatic rings. The van der Waals surface area contributed by atoms with E-state index < -0.39 is 23.7 Å². The van der Waals surface area contributed by atoms with Gasteiger partial charge in [0.1, 0.15) is 0 Å². The molecule has 1 aliphatic carbocycles. The zero-order valence-corrected chi connectivity index (χ0v) is 14.1. The highest BCUT2D eigenvalue weighted by atomic mass is 19.2. The van der Waals surface area contributed by atoms with Gasteiger partial charge in [-0.3, -0.25) is 0 Å². The van der Waals surface area contributed by atoms with Crippen molar-refractivity contribution in [3.63, 3.8) is 0 Å². The van der Waals surface area contributed by atoms with Gasteiger partial charge >= 0.3 is 0 Å². The van der Waals surface area contributed by atoms with Crippen molar-refractivity contribution in [3.8, 4) is 0 Å². The Balaban J connectivity index is 1.28. The summed E-state index contributed by atoms with van der Waals surface area (Å²) in [5.41, 5.74) is 0.183. The number of ether oxygens (including phenoxy) is 3. The van der Waals surface area contributed by atoms with Gasteiger partial charge < -0.3 is 14.2 Å². The van der Waals surface area contributed by atoms with Crippen molar-refractivity contribution in [2.75, 3.05) is 19.8 Å². The maximum Gasteiger partial charge on any atom is 0.194 e. The highest BCUT2D eigenvalue weighted by Crippen LogP contribution is 2.39. The third-order valence-corrected chi connectivity index (χ3v) is 5.76. The van der Waals surface area contributed by atoms with Crippen molar-refractivity contribution in [2.24, 2.45) is 17.8 Å². The standard InChI is InChI=1S/C19H23F3O3/c20-16-6-13(7-17(21)18(16)22)19-24-8-14(9-25-19)12-3-1-11(2-4-12)5-15-10-23-15/h6-7,11-12,14-15,19H,1-5,8-10H2. The molecule has 1 atom stereocenters. The molecule has 1 aromatic carbocycles. The zero-order valence-electron chi connectivity index (χ0n) is 14.1. The average molecular weight is 356 g/mol. The van der Waals surface area contributed by atoms with Gasteiger partial charge in [-0.2, -0.15) is 0 Å². The van der Waals surface area contributed by atoms with E-state index in [2.05, 4.69) is 0 Å².